The number of rotatable bonds is 1. The summed E-state index contributed by atoms with van der Waals surface area (Å²) in [5.74, 6) is -0.0217. The van der Waals surface area contributed by atoms with E-state index in [2.05, 4.69) is 0 Å². The lowest BCUT2D eigenvalue weighted by molar-refractivity contribution is 0.479. The largest absolute Gasteiger partial charge is 0.507 e. The standard InChI is InChI=1S/C11H10O3/c1-2-7-6-14-9-5-3-4-8(12)10(9)11(7)13/h3-6,12H,2H2,1H3. The summed E-state index contributed by atoms with van der Waals surface area (Å²) in [5.41, 5.74) is 0.859. The molecule has 0 bridgehead atoms. The summed E-state index contributed by atoms with van der Waals surface area (Å²) in [6, 6.07) is 4.79. The van der Waals surface area contributed by atoms with Gasteiger partial charge in [0.2, 0.25) is 0 Å². The van der Waals surface area contributed by atoms with E-state index in [-0.39, 0.29) is 16.6 Å². The molecule has 0 atom stereocenters. The number of phenolic OH excluding ortho intramolecular Hbond substituents is 1. The zero-order valence-electron chi connectivity index (χ0n) is 7.78. The molecular weight excluding hydrogens is 180 g/mol. The van der Waals surface area contributed by atoms with Gasteiger partial charge < -0.3 is 9.52 Å². The number of aryl methyl sites for hydroxylation is 1. The molecule has 0 aliphatic rings. The van der Waals surface area contributed by atoms with Gasteiger partial charge in [-0.25, -0.2) is 0 Å². The third-order valence-electron chi connectivity index (χ3n) is 2.23. The van der Waals surface area contributed by atoms with Crippen molar-refractivity contribution in [3.63, 3.8) is 0 Å². The van der Waals surface area contributed by atoms with Crippen molar-refractivity contribution in [2.75, 3.05) is 0 Å². The van der Waals surface area contributed by atoms with E-state index in [9.17, 15) is 9.90 Å². The molecular formula is C11H10O3. The highest BCUT2D eigenvalue weighted by atomic mass is 16.3. The molecule has 0 amide bonds. The van der Waals surface area contributed by atoms with Crippen LogP contribution in [0.2, 0.25) is 0 Å². The van der Waals surface area contributed by atoms with E-state index in [1.165, 1.54) is 12.3 Å². The van der Waals surface area contributed by atoms with E-state index in [0.717, 1.165) is 0 Å². The Kier molecular flexibility index (Phi) is 2.00. The lowest BCUT2D eigenvalue weighted by Gasteiger charge is -2.00. The van der Waals surface area contributed by atoms with Crippen LogP contribution in [0.4, 0.5) is 0 Å². The maximum Gasteiger partial charge on any atom is 0.199 e. The van der Waals surface area contributed by atoms with Gasteiger partial charge in [-0.3, -0.25) is 4.79 Å². The van der Waals surface area contributed by atoms with Gasteiger partial charge in [-0.1, -0.05) is 13.0 Å². The fourth-order valence-corrected chi connectivity index (χ4v) is 1.44. The van der Waals surface area contributed by atoms with Gasteiger partial charge in [0.25, 0.3) is 0 Å². The molecule has 0 aliphatic carbocycles. The van der Waals surface area contributed by atoms with Crippen LogP contribution in [-0.2, 0) is 6.42 Å². The summed E-state index contributed by atoms with van der Waals surface area (Å²) < 4.78 is 5.24. The number of fused-ring (bicyclic) bond motifs is 1. The molecule has 2 aromatic rings. The van der Waals surface area contributed by atoms with Crippen molar-refractivity contribution in [2.24, 2.45) is 0 Å². The van der Waals surface area contributed by atoms with Crippen LogP contribution in [0, 0.1) is 0 Å². The lowest BCUT2D eigenvalue weighted by atomic mass is 10.1. The first-order valence-electron chi connectivity index (χ1n) is 4.46. The average Bonchev–Trinajstić information content (AvgIpc) is 2.18. The topological polar surface area (TPSA) is 50.4 Å². The van der Waals surface area contributed by atoms with Crippen LogP contribution >= 0.6 is 0 Å². The highest BCUT2D eigenvalue weighted by Crippen LogP contribution is 2.21. The fraction of sp³-hybridized carbons (Fsp3) is 0.182. The first-order valence-corrected chi connectivity index (χ1v) is 4.46. The van der Waals surface area contributed by atoms with Crippen molar-refractivity contribution in [1.29, 1.82) is 0 Å². The van der Waals surface area contributed by atoms with E-state index in [1.54, 1.807) is 12.1 Å². The monoisotopic (exact) mass is 190 g/mol. The van der Waals surface area contributed by atoms with Gasteiger partial charge in [0.15, 0.2) is 5.43 Å². The van der Waals surface area contributed by atoms with Crippen LogP contribution in [0.1, 0.15) is 12.5 Å². The van der Waals surface area contributed by atoms with Crippen molar-refractivity contribution >= 4 is 11.0 Å². The molecule has 1 aromatic carbocycles. The second-order valence-electron chi connectivity index (χ2n) is 3.09. The first-order chi connectivity index (χ1) is 6.74. The number of hydrogen-bond acceptors (Lipinski definition) is 3. The van der Waals surface area contributed by atoms with Crippen molar-refractivity contribution in [3.8, 4) is 5.75 Å². The summed E-state index contributed by atoms with van der Waals surface area (Å²) in [6.07, 6.45) is 2.05. The molecule has 0 fully saturated rings. The summed E-state index contributed by atoms with van der Waals surface area (Å²) >= 11 is 0. The van der Waals surface area contributed by atoms with E-state index in [0.29, 0.717) is 17.6 Å². The predicted octanol–water partition coefficient (Wildman–Crippen LogP) is 2.06. The maximum atomic E-state index is 11.8. The quantitative estimate of drug-likeness (QED) is 0.748. The molecule has 0 saturated carbocycles. The van der Waals surface area contributed by atoms with Gasteiger partial charge in [-0.05, 0) is 18.6 Å². The van der Waals surface area contributed by atoms with E-state index in [1.807, 2.05) is 6.92 Å². The Labute approximate surface area is 80.6 Å². The SMILES string of the molecule is CCc1coc2cccc(O)c2c1=O. The molecule has 2 rings (SSSR count). The molecule has 72 valence electrons. The zero-order valence-corrected chi connectivity index (χ0v) is 7.78. The number of phenols is 1. The van der Waals surface area contributed by atoms with E-state index in [4.69, 9.17) is 4.42 Å². The summed E-state index contributed by atoms with van der Waals surface area (Å²) in [5, 5.41) is 9.78. The van der Waals surface area contributed by atoms with Crippen LogP contribution in [0.5, 0.6) is 5.75 Å². The molecule has 0 spiro atoms. The van der Waals surface area contributed by atoms with Crippen LogP contribution in [0.15, 0.2) is 33.7 Å². The van der Waals surface area contributed by atoms with Gasteiger partial charge in [0.1, 0.15) is 16.7 Å². The molecule has 14 heavy (non-hydrogen) atoms. The third-order valence-corrected chi connectivity index (χ3v) is 2.23. The van der Waals surface area contributed by atoms with Crippen molar-refractivity contribution in [2.45, 2.75) is 13.3 Å². The van der Waals surface area contributed by atoms with E-state index >= 15 is 0 Å². The molecule has 1 aromatic heterocycles. The molecule has 3 nitrogen and oxygen atoms in total. The van der Waals surface area contributed by atoms with Crippen LogP contribution in [0.3, 0.4) is 0 Å². The Bertz CT molecular complexity index is 526. The number of benzene rings is 1. The second-order valence-corrected chi connectivity index (χ2v) is 3.09. The molecule has 3 heteroatoms. The Balaban J connectivity index is 2.94. The summed E-state index contributed by atoms with van der Waals surface area (Å²) in [4.78, 5) is 11.8. The first kappa shape index (κ1) is 8.81. The highest BCUT2D eigenvalue weighted by molar-refractivity contribution is 5.83. The predicted molar refractivity (Wildman–Crippen MR) is 53.5 cm³/mol. The van der Waals surface area contributed by atoms with Crippen LogP contribution < -0.4 is 5.43 Å². The van der Waals surface area contributed by atoms with Gasteiger partial charge in [0, 0.05) is 5.56 Å². The minimum atomic E-state index is -0.146. The van der Waals surface area contributed by atoms with Gasteiger partial charge in [-0.2, -0.15) is 0 Å². The normalized spacial score (nSPS) is 10.6. The lowest BCUT2D eigenvalue weighted by Crippen LogP contribution is -2.07. The average molecular weight is 190 g/mol. The van der Waals surface area contributed by atoms with Gasteiger partial charge >= 0.3 is 0 Å². The van der Waals surface area contributed by atoms with Crippen molar-refractivity contribution < 1.29 is 9.52 Å². The highest BCUT2D eigenvalue weighted by Gasteiger charge is 2.08. The Morgan fingerprint density at radius 3 is 2.93 bits per heavy atom. The second kappa shape index (κ2) is 3.18. The summed E-state index contributed by atoms with van der Waals surface area (Å²) in [6.45, 7) is 1.87. The number of aromatic hydroxyl groups is 1. The number of hydrogen-bond donors (Lipinski definition) is 1. The fourth-order valence-electron chi connectivity index (χ4n) is 1.44. The molecule has 1 heterocycles. The molecule has 0 radical (unpaired) electrons. The Morgan fingerprint density at radius 2 is 2.21 bits per heavy atom. The molecule has 1 N–H and O–H groups in total. The van der Waals surface area contributed by atoms with Gasteiger partial charge in [0.05, 0.1) is 6.26 Å². The minimum Gasteiger partial charge on any atom is -0.507 e. The molecule has 0 aliphatic heterocycles. The minimum absolute atomic E-state index is 0.0217. The van der Waals surface area contributed by atoms with E-state index < -0.39 is 0 Å². The molecule has 0 unspecified atom stereocenters. The third kappa shape index (κ3) is 1.18. The Hall–Kier alpha value is -1.77. The van der Waals surface area contributed by atoms with Crippen LogP contribution in [0.25, 0.3) is 11.0 Å². The van der Waals surface area contributed by atoms with Crippen LogP contribution in [-0.4, -0.2) is 5.11 Å². The maximum absolute atomic E-state index is 11.8. The smallest absolute Gasteiger partial charge is 0.199 e. The molecule has 0 saturated heterocycles. The zero-order chi connectivity index (χ0) is 10.1. The van der Waals surface area contributed by atoms with Gasteiger partial charge in [-0.15, -0.1) is 0 Å². The Morgan fingerprint density at radius 1 is 1.43 bits per heavy atom. The van der Waals surface area contributed by atoms with Crippen molar-refractivity contribution in [1.82, 2.24) is 0 Å². The summed E-state index contributed by atoms with van der Waals surface area (Å²) in [7, 11) is 0. The van der Waals surface area contributed by atoms with Crippen molar-refractivity contribution in [3.05, 3.63) is 40.2 Å².